The van der Waals surface area contributed by atoms with E-state index in [9.17, 15) is 0 Å². The zero-order valence-corrected chi connectivity index (χ0v) is 13.6. The number of nitrogens with zero attached hydrogens (tertiary/aromatic N) is 2. The second-order valence-electron chi connectivity index (χ2n) is 5.58. The van der Waals surface area contributed by atoms with Gasteiger partial charge in [-0.25, -0.2) is 0 Å². The fraction of sp³-hybridized carbons (Fsp3) is 0.500. The Hall–Kier alpha value is -1.81. The molecule has 0 radical (unpaired) electrons. The van der Waals surface area contributed by atoms with Crippen LogP contribution in [0.25, 0.3) is 0 Å². The number of guanidine groups is 1. The summed E-state index contributed by atoms with van der Waals surface area (Å²) < 4.78 is 0. The van der Waals surface area contributed by atoms with E-state index in [0.717, 1.165) is 51.6 Å². The third-order valence-electron chi connectivity index (χ3n) is 3.87. The van der Waals surface area contributed by atoms with Crippen LogP contribution in [0.2, 0.25) is 0 Å². The van der Waals surface area contributed by atoms with Crippen molar-refractivity contribution in [2.24, 2.45) is 4.99 Å². The maximum atomic E-state index is 4.60. The molecule has 0 aliphatic carbocycles. The first-order valence-electron chi connectivity index (χ1n) is 8.25. The summed E-state index contributed by atoms with van der Waals surface area (Å²) in [5.41, 5.74) is 3.00. The van der Waals surface area contributed by atoms with Gasteiger partial charge in [-0.3, -0.25) is 9.89 Å². The highest BCUT2D eigenvalue weighted by Gasteiger charge is 2.14. The highest BCUT2D eigenvalue weighted by Crippen LogP contribution is 2.18. The number of hydrogen-bond donors (Lipinski definition) is 2. The van der Waals surface area contributed by atoms with Gasteiger partial charge in [-0.05, 0) is 30.9 Å². The maximum absolute atomic E-state index is 4.60. The maximum Gasteiger partial charge on any atom is 0.191 e. The Bertz CT molecular complexity index is 496. The summed E-state index contributed by atoms with van der Waals surface area (Å²) >= 11 is 0. The molecular formula is C18H28N4. The number of hydrogen-bond acceptors (Lipinski definition) is 2. The molecule has 4 nitrogen and oxygen atoms in total. The fourth-order valence-electron chi connectivity index (χ4n) is 2.74. The molecule has 1 aromatic rings. The van der Waals surface area contributed by atoms with Crippen LogP contribution in [0.3, 0.4) is 0 Å². The second-order valence-corrected chi connectivity index (χ2v) is 5.58. The third-order valence-corrected chi connectivity index (χ3v) is 3.87. The van der Waals surface area contributed by atoms with Crippen LogP contribution in [0.5, 0.6) is 0 Å². The molecule has 120 valence electrons. The summed E-state index contributed by atoms with van der Waals surface area (Å²) in [4.78, 5) is 7.13. The number of nitrogens with one attached hydrogen (secondary N) is 2. The first-order chi connectivity index (χ1) is 10.8. The smallest absolute Gasteiger partial charge is 0.191 e. The van der Waals surface area contributed by atoms with Crippen LogP contribution in [0.15, 0.2) is 41.9 Å². The zero-order chi connectivity index (χ0) is 15.6. The highest BCUT2D eigenvalue weighted by atomic mass is 15.2. The van der Waals surface area contributed by atoms with Crippen LogP contribution in [0.4, 0.5) is 0 Å². The van der Waals surface area contributed by atoms with E-state index in [-0.39, 0.29) is 0 Å². The Kier molecular flexibility index (Phi) is 6.97. The van der Waals surface area contributed by atoms with Gasteiger partial charge in [0.15, 0.2) is 5.96 Å². The molecular weight excluding hydrogens is 272 g/mol. The molecule has 0 fully saturated rings. The van der Waals surface area contributed by atoms with Gasteiger partial charge in [0.05, 0.1) is 0 Å². The molecule has 0 saturated heterocycles. The van der Waals surface area contributed by atoms with Crippen LogP contribution in [0.1, 0.15) is 24.5 Å². The van der Waals surface area contributed by atoms with Crippen molar-refractivity contribution in [1.82, 2.24) is 15.5 Å². The monoisotopic (exact) mass is 300 g/mol. The van der Waals surface area contributed by atoms with E-state index in [0.29, 0.717) is 0 Å². The third kappa shape index (κ3) is 5.19. The van der Waals surface area contributed by atoms with E-state index in [4.69, 9.17) is 0 Å². The summed E-state index contributed by atoms with van der Waals surface area (Å²) in [5.74, 6) is 0.881. The summed E-state index contributed by atoms with van der Waals surface area (Å²) in [6.07, 6.45) is 4.10. The molecule has 0 unspecified atom stereocenters. The van der Waals surface area contributed by atoms with E-state index in [2.05, 4.69) is 58.3 Å². The molecule has 4 heteroatoms. The van der Waals surface area contributed by atoms with Gasteiger partial charge < -0.3 is 10.6 Å². The van der Waals surface area contributed by atoms with Gasteiger partial charge in [0, 0.05) is 39.3 Å². The van der Waals surface area contributed by atoms with E-state index in [1.165, 1.54) is 17.5 Å². The Balaban J connectivity index is 1.73. The summed E-state index contributed by atoms with van der Waals surface area (Å²) in [5, 5.41) is 6.48. The molecule has 0 bridgehead atoms. The standard InChI is InChI=1S/C18H28N4/c1-3-11-20-18(19-4-2)21-12-7-13-22-14-10-16-8-5-6-9-17(16)15-22/h3,5-6,8-9H,1,4,7,10-15H2,2H3,(H2,19,20,21). The lowest BCUT2D eigenvalue weighted by Gasteiger charge is -2.28. The SMILES string of the molecule is C=CCNC(=NCCCN1CCc2ccccc2C1)NCC. The Morgan fingerprint density at radius 3 is 2.91 bits per heavy atom. The van der Waals surface area contributed by atoms with Crippen LogP contribution in [0, 0.1) is 0 Å². The molecule has 1 aromatic carbocycles. The summed E-state index contributed by atoms with van der Waals surface area (Å²) in [7, 11) is 0. The predicted octanol–water partition coefficient (Wildman–Crippen LogP) is 2.18. The fourth-order valence-corrected chi connectivity index (χ4v) is 2.74. The van der Waals surface area contributed by atoms with E-state index in [1.54, 1.807) is 0 Å². The van der Waals surface area contributed by atoms with Crippen LogP contribution < -0.4 is 10.6 Å². The van der Waals surface area contributed by atoms with Gasteiger partial charge in [-0.1, -0.05) is 30.3 Å². The predicted molar refractivity (Wildman–Crippen MR) is 94.2 cm³/mol. The minimum absolute atomic E-state index is 0.745. The molecule has 22 heavy (non-hydrogen) atoms. The largest absolute Gasteiger partial charge is 0.357 e. The van der Waals surface area contributed by atoms with Gasteiger partial charge in [0.2, 0.25) is 0 Å². The number of rotatable bonds is 7. The van der Waals surface area contributed by atoms with E-state index in [1.807, 2.05) is 6.08 Å². The van der Waals surface area contributed by atoms with Gasteiger partial charge in [-0.2, -0.15) is 0 Å². The van der Waals surface area contributed by atoms with Crippen LogP contribution in [-0.2, 0) is 13.0 Å². The Morgan fingerprint density at radius 1 is 1.32 bits per heavy atom. The minimum atomic E-state index is 0.745. The molecule has 0 atom stereocenters. The number of fused-ring (bicyclic) bond motifs is 1. The van der Waals surface area contributed by atoms with Gasteiger partial charge >= 0.3 is 0 Å². The van der Waals surface area contributed by atoms with Crippen molar-refractivity contribution in [3.05, 3.63) is 48.0 Å². The molecule has 0 spiro atoms. The number of aliphatic imine (C=N–C) groups is 1. The Morgan fingerprint density at radius 2 is 2.14 bits per heavy atom. The Labute approximate surface area is 134 Å². The normalized spacial score (nSPS) is 15.2. The molecule has 2 N–H and O–H groups in total. The number of benzene rings is 1. The van der Waals surface area contributed by atoms with E-state index >= 15 is 0 Å². The highest BCUT2D eigenvalue weighted by molar-refractivity contribution is 5.79. The molecule has 1 aliphatic rings. The molecule has 1 aliphatic heterocycles. The second kappa shape index (κ2) is 9.26. The molecule has 0 amide bonds. The lowest BCUT2D eigenvalue weighted by Crippen LogP contribution is -2.37. The quantitative estimate of drug-likeness (QED) is 0.351. The van der Waals surface area contributed by atoms with Crippen molar-refractivity contribution in [2.75, 3.05) is 32.7 Å². The van der Waals surface area contributed by atoms with Crippen molar-refractivity contribution in [2.45, 2.75) is 26.3 Å². The summed E-state index contributed by atoms with van der Waals surface area (Å²) in [6, 6.07) is 8.79. The van der Waals surface area contributed by atoms with Crippen molar-refractivity contribution in [1.29, 1.82) is 0 Å². The van der Waals surface area contributed by atoms with Crippen molar-refractivity contribution in [3.8, 4) is 0 Å². The van der Waals surface area contributed by atoms with E-state index < -0.39 is 0 Å². The lowest BCUT2D eigenvalue weighted by atomic mass is 10.00. The molecule has 1 heterocycles. The summed E-state index contributed by atoms with van der Waals surface area (Å²) in [6.45, 7) is 11.6. The zero-order valence-electron chi connectivity index (χ0n) is 13.6. The van der Waals surface area contributed by atoms with Crippen LogP contribution in [-0.4, -0.2) is 43.6 Å². The first kappa shape index (κ1) is 16.6. The van der Waals surface area contributed by atoms with Crippen molar-refractivity contribution in [3.63, 3.8) is 0 Å². The molecule has 0 aromatic heterocycles. The average molecular weight is 300 g/mol. The van der Waals surface area contributed by atoms with Gasteiger partial charge in [0.25, 0.3) is 0 Å². The van der Waals surface area contributed by atoms with Crippen molar-refractivity contribution >= 4 is 5.96 Å². The molecule has 2 rings (SSSR count). The molecule has 0 saturated carbocycles. The average Bonchev–Trinajstić information content (AvgIpc) is 2.56. The first-order valence-corrected chi connectivity index (χ1v) is 8.25. The van der Waals surface area contributed by atoms with Gasteiger partial charge in [-0.15, -0.1) is 6.58 Å². The minimum Gasteiger partial charge on any atom is -0.357 e. The van der Waals surface area contributed by atoms with Gasteiger partial charge in [0.1, 0.15) is 0 Å². The topological polar surface area (TPSA) is 39.7 Å². The van der Waals surface area contributed by atoms with Crippen LogP contribution >= 0.6 is 0 Å². The van der Waals surface area contributed by atoms with Crippen molar-refractivity contribution < 1.29 is 0 Å². The lowest BCUT2D eigenvalue weighted by molar-refractivity contribution is 0.252.